The van der Waals surface area contributed by atoms with Crippen LogP contribution >= 0.6 is 0 Å². The average molecular weight is 420 g/mol. The largest absolute Gasteiger partial charge is 0.350 e. The van der Waals surface area contributed by atoms with Gasteiger partial charge in [0, 0.05) is 64.8 Å². The first-order valence-corrected chi connectivity index (χ1v) is 10.7. The number of hydrogen-bond donors (Lipinski definition) is 1. The Labute approximate surface area is 184 Å². The van der Waals surface area contributed by atoms with Crippen molar-refractivity contribution in [2.24, 2.45) is 13.0 Å². The van der Waals surface area contributed by atoms with Crippen LogP contribution < -0.4 is 5.32 Å². The average Bonchev–Trinajstić information content (AvgIpc) is 3.41. The highest BCUT2D eigenvalue weighted by Crippen LogP contribution is 2.42. The maximum Gasteiger partial charge on any atom is 0.259 e. The molecule has 4 heterocycles. The van der Waals surface area contributed by atoms with Gasteiger partial charge in [0.25, 0.3) is 11.8 Å². The Morgan fingerprint density at radius 2 is 1.66 bits per heavy atom. The van der Waals surface area contributed by atoms with E-state index in [2.05, 4.69) is 16.0 Å². The first-order valence-electron chi connectivity index (χ1n) is 10.7. The minimum absolute atomic E-state index is 0.104. The number of nitrogens with one attached hydrogen (secondary N) is 1. The molecule has 0 saturated carbocycles. The lowest BCUT2D eigenvalue weighted by Gasteiger charge is -2.21. The van der Waals surface area contributed by atoms with Gasteiger partial charge >= 0.3 is 0 Å². The van der Waals surface area contributed by atoms with Crippen molar-refractivity contribution in [1.82, 2.24) is 14.5 Å². The van der Waals surface area contributed by atoms with Crippen LogP contribution in [-0.4, -0.2) is 20.9 Å². The Balaban J connectivity index is 1.72. The van der Waals surface area contributed by atoms with Crippen LogP contribution in [0, 0.1) is 17.2 Å². The van der Waals surface area contributed by atoms with Crippen LogP contribution in [0.3, 0.4) is 0 Å². The molecule has 156 valence electrons. The van der Waals surface area contributed by atoms with Gasteiger partial charge in [-0.25, -0.2) is 0 Å². The summed E-state index contributed by atoms with van der Waals surface area (Å²) in [7, 11) is 1.94. The molecule has 2 aliphatic heterocycles. The predicted octanol–water partition coefficient (Wildman–Crippen LogP) is 3.79. The number of aromatic nitrogens is 2. The summed E-state index contributed by atoms with van der Waals surface area (Å²) in [6.45, 7) is 0.723. The molecule has 6 heteroatoms. The van der Waals surface area contributed by atoms with E-state index in [0.717, 1.165) is 51.6 Å². The van der Waals surface area contributed by atoms with Gasteiger partial charge in [-0.2, -0.15) is 5.26 Å². The summed E-state index contributed by atoms with van der Waals surface area (Å²) in [5.41, 5.74) is 5.34. The van der Waals surface area contributed by atoms with Gasteiger partial charge in [0.1, 0.15) is 0 Å². The van der Waals surface area contributed by atoms with Gasteiger partial charge in [-0.3, -0.25) is 14.9 Å². The fourth-order valence-electron chi connectivity index (χ4n) is 5.33. The van der Waals surface area contributed by atoms with Gasteiger partial charge in [-0.05, 0) is 18.6 Å². The molecule has 4 aromatic rings. The third kappa shape index (κ3) is 2.45. The van der Waals surface area contributed by atoms with Crippen LogP contribution in [0.4, 0.5) is 0 Å². The van der Waals surface area contributed by atoms with Gasteiger partial charge in [-0.15, -0.1) is 0 Å². The molecule has 1 unspecified atom stereocenters. The second-order valence-corrected chi connectivity index (χ2v) is 8.51. The minimum Gasteiger partial charge on any atom is -0.350 e. The Morgan fingerprint density at radius 1 is 0.969 bits per heavy atom. The third-order valence-electron chi connectivity index (χ3n) is 6.75. The number of carbonyl (C=O) groups excluding carboxylic acids is 2. The summed E-state index contributed by atoms with van der Waals surface area (Å²) in [4.78, 5) is 26.3. The number of amides is 2. The summed E-state index contributed by atoms with van der Waals surface area (Å²) < 4.78 is 4.19. The van der Waals surface area contributed by atoms with Crippen molar-refractivity contribution in [3.63, 3.8) is 0 Å². The third-order valence-corrected chi connectivity index (χ3v) is 6.75. The Hall–Kier alpha value is -4.11. The maximum absolute atomic E-state index is 13.2. The Morgan fingerprint density at radius 3 is 2.44 bits per heavy atom. The number of fused-ring (bicyclic) bond motifs is 4. The lowest BCUT2D eigenvalue weighted by molar-refractivity contribution is -0.122. The maximum atomic E-state index is 13.2. The molecule has 0 aliphatic carbocycles. The summed E-state index contributed by atoms with van der Waals surface area (Å²) in [5.74, 6) is -0.860. The highest BCUT2D eigenvalue weighted by Gasteiger charge is 2.38. The number of para-hydroxylation sites is 2. The van der Waals surface area contributed by atoms with E-state index < -0.39 is 0 Å². The molecule has 0 spiro atoms. The lowest BCUT2D eigenvalue weighted by Crippen LogP contribution is -2.23. The van der Waals surface area contributed by atoms with Gasteiger partial charge in [-0.1, -0.05) is 36.4 Å². The summed E-state index contributed by atoms with van der Waals surface area (Å²) in [6.07, 6.45) is 3.26. The normalized spacial score (nSPS) is 18.3. The molecule has 1 atom stereocenters. The SMILES string of the molecule is Cn1cc(C2=C(c3c4n(c5ccccc35)CCC(C#N)C4)C(=O)NC2=O)c2ccccc21. The van der Waals surface area contributed by atoms with Gasteiger partial charge in [0.05, 0.1) is 23.1 Å². The quantitative estimate of drug-likeness (QED) is 0.501. The van der Waals surface area contributed by atoms with Crippen LogP contribution in [0.15, 0.2) is 54.7 Å². The molecule has 2 aliphatic rings. The van der Waals surface area contributed by atoms with Crippen molar-refractivity contribution in [3.8, 4) is 6.07 Å². The Kier molecular flexibility index (Phi) is 3.90. The highest BCUT2D eigenvalue weighted by molar-refractivity contribution is 6.51. The van der Waals surface area contributed by atoms with E-state index in [1.807, 2.05) is 66.3 Å². The van der Waals surface area contributed by atoms with Crippen molar-refractivity contribution in [3.05, 3.63) is 71.5 Å². The van der Waals surface area contributed by atoms with E-state index >= 15 is 0 Å². The van der Waals surface area contributed by atoms with E-state index in [9.17, 15) is 14.9 Å². The minimum atomic E-state index is -0.379. The molecule has 1 N–H and O–H groups in total. The van der Waals surface area contributed by atoms with E-state index in [0.29, 0.717) is 17.6 Å². The molecule has 0 fully saturated rings. The first-order chi connectivity index (χ1) is 15.6. The molecule has 0 saturated heterocycles. The number of nitrogens with zero attached hydrogens (tertiary/aromatic N) is 3. The molecular weight excluding hydrogens is 400 g/mol. The van der Waals surface area contributed by atoms with Crippen LogP contribution in [0.2, 0.25) is 0 Å². The van der Waals surface area contributed by atoms with E-state index in [4.69, 9.17) is 0 Å². The molecule has 6 rings (SSSR count). The zero-order valence-corrected chi connectivity index (χ0v) is 17.6. The van der Waals surface area contributed by atoms with Gasteiger partial charge in [0.2, 0.25) is 0 Å². The van der Waals surface area contributed by atoms with Crippen molar-refractivity contribution < 1.29 is 9.59 Å². The fourth-order valence-corrected chi connectivity index (χ4v) is 5.33. The molecule has 0 radical (unpaired) electrons. The molecule has 32 heavy (non-hydrogen) atoms. The van der Waals surface area contributed by atoms with E-state index in [-0.39, 0.29) is 17.7 Å². The van der Waals surface area contributed by atoms with Gasteiger partial charge in [0.15, 0.2) is 0 Å². The molecule has 6 nitrogen and oxygen atoms in total. The smallest absolute Gasteiger partial charge is 0.259 e. The Bertz CT molecular complexity index is 1540. The van der Waals surface area contributed by atoms with E-state index in [1.165, 1.54) is 0 Å². The zero-order valence-electron chi connectivity index (χ0n) is 17.6. The second-order valence-electron chi connectivity index (χ2n) is 8.51. The van der Waals surface area contributed by atoms with E-state index in [1.54, 1.807) is 0 Å². The topological polar surface area (TPSA) is 79.8 Å². The number of carbonyl (C=O) groups is 2. The molecule has 2 aromatic heterocycles. The summed E-state index contributed by atoms with van der Waals surface area (Å²) >= 11 is 0. The number of rotatable bonds is 2. The molecular formula is C26H20N4O2. The van der Waals surface area contributed by atoms with Crippen LogP contribution in [0.5, 0.6) is 0 Å². The predicted molar refractivity (Wildman–Crippen MR) is 122 cm³/mol. The molecule has 0 bridgehead atoms. The summed E-state index contributed by atoms with van der Waals surface area (Å²) in [6, 6.07) is 18.2. The van der Waals surface area contributed by atoms with Crippen LogP contribution in [0.25, 0.3) is 33.0 Å². The number of hydrogen-bond acceptors (Lipinski definition) is 3. The van der Waals surface area contributed by atoms with Crippen molar-refractivity contribution in [2.45, 2.75) is 19.4 Å². The number of nitriles is 1. The monoisotopic (exact) mass is 420 g/mol. The standard InChI is InChI=1S/C26H20N4O2/c1-29-14-18(16-6-2-4-8-19(16)29)23-24(26(32)28-25(23)31)22-17-7-3-5-9-20(17)30-11-10-15(13-27)12-21(22)30/h2-9,14-15H,10-12H2,1H3,(H,28,31,32). The van der Waals surface area contributed by atoms with Crippen molar-refractivity contribution in [1.29, 1.82) is 5.26 Å². The van der Waals surface area contributed by atoms with Crippen LogP contribution in [-0.2, 0) is 29.6 Å². The highest BCUT2D eigenvalue weighted by atomic mass is 16.2. The number of aryl methyl sites for hydroxylation is 2. The van der Waals surface area contributed by atoms with Crippen molar-refractivity contribution >= 4 is 44.8 Å². The van der Waals surface area contributed by atoms with Crippen molar-refractivity contribution in [2.75, 3.05) is 0 Å². The number of benzene rings is 2. The first kappa shape index (κ1) is 18.6. The summed E-state index contributed by atoms with van der Waals surface area (Å²) in [5, 5.41) is 14.0. The lowest BCUT2D eigenvalue weighted by atomic mass is 9.90. The molecule has 2 aromatic carbocycles. The zero-order chi connectivity index (χ0) is 22.0. The number of imide groups is 1. The second kappa shape index (κ2) is 6.69. The molecule has 2 amide bonds. The van der Waals surface area contributed by atoms with Gasteiger partial charge < -0.3 is 9.13 Å². The van der Waals surface area contributed by atoms with Crippen LogP contribution in [0.1, 0.15) is 23.2 Å². The fraction of sp³-hybridized carbons (Fsp3) is 0.192.